The van der Waals surface area contributed by atoms with E-state index < -0.39 is 0 Å². The van der Waals surface area contributed by atoms with Gasteiger partial charge in [0.15, 0.2) is 0 Å². The molecule has 4 heteroatoms. The lowest BCUT2D eigenvalue weighted by Crippen LogP contribution is -2.49. The van der Waals surface area contributed by atoms with Gasteiger partial charge in [-0.2, -0.15) is 0 Å². The number of hydrogen-bond acceptors (Lipinski definition) is 2. The molecule has 0 aromatic carbocycles. The van der Waals surface area contributed by atoms with Crippen molar-refractivity contribution in [3.05, 3.63) is 0 Å². The number of urea groups is 1. The van der Waals surface area contributed by atoms with Gasteiger partial charge in [-0.05, 0) is 32.1 Å². The van der Waals surface area contributed by atoms with E-state index in [1.165, 1.54) is 103 Å². The molecule has 0 spiro atoms. The SMILES string of the molecule is CCCCCCCCCCCCCCCCCCNC(=O)N1CCCCC1CCO. The Labute approximate surface area is 187 Å². The summed E-state index contributed by atoms with van der Waals surface area (Å²) in [5.41, 5.74) is 0. The monoisotopic (exact) mass is 424 g/mol. The van der Waals surface area contributed by atoms with Crippen molar-refractivity contribution in [1.29, 1.82) is 0 Å². The maximum Gasteiger partial charge on any atom is 0.317 e. The fraction of sp³-hybridized carbons (Fsp3) is 0.962. The number of aliphatic hydroxyl groups excluding tert-OH is 1. The fourth-order valence-corrected chi connectivity index (χ4v) is 4.69. The zero-order valence-electron chi connectivity index (χ0n) is 20.1. The predicted octanol–water partition coefficient (Wildman–Crippen LogP) is 7.19. The summed E-state index contributed by atoms with van der Waals surface area (Å²) in [6.45, 7) is 4.09. The van der Waals surface area contributed by atoms with Gasteiger partial charge in [0, 0.05) is 25.7 Å². The first-order valence-corrected chi connectivity index (χ1v) is 13.4. The molecule has 0 saturated carbocycles. The highest BCUT2D eigenvalue weighted by Gasteiger charge is 2.25. The van der Waals surface area contributed by atoms with E-state index in [9.17, 15) is 9.90 Å². The number of rotatable bonds is 19. The zero-order chi connectivity index (χ0) is 21.7. The maximum atomic E-state index is 12.4. The van der Waals surface area contributed by atoms with Gasteiger partial charge >= 0.3 is 6.03 Å². The van der Waals surface area contributed by atoms with Gasteiger partial charge in [0.05, 0.1) is 0 Å². The van der Waals surface area contributed by atoms with Crippen LogP contribution in [0.4, 0.5) is 4.79 Å². The Morgan fingerprint density at radius 3 is 1.80 bits per heavy atom. The van der Waals surface area contributed by atoms with Gasteiger partial charge in [0.1, 0.15) is 0 Å². The third-order valence-corrected chi connectivity index (χ3v) is 6.66. The quantitative estimate of drug-likeness (QED) is 0.215. The van der Waals surface area contributed by atoms with Crippen LogP contribution in [0.2, 0.25) is 0 Å². The summed E-state index contributed by atoms with van der Waals surface area (Å²) in [6.07, 6.45) is 26.0. The van der Waals surface area contributed by atoms with Crippen molar-refractivity contribution in [2.24, 2.45) is 0 Å². The van der Waals surface area contributed by atoms with Gasteiger partial charge in [0.2, 0.25) is 0 Å². The molecule has 2 amide bonds. The first kappa shape index (κ1) is 27.3. The normalized spacial score (nSPS) is 16.7. The van der Waals surface area contributed by atoms with Crippen LogP contribution >= 0.6 is 0 Å². The lowest BCUT2D eigenvalue weighted by molar-refractivity contribution is 0.132. The van der Waals surface area contributed by atoms with Crippen LogP contribution in [0.5, 0.6) is 0 Å². The second-order valence-corrected chi connectivity index (χ2v) is 9.39. The number of piperidine rings is 1. The summed E-state index contributed by atoms with van der Waals surface area (Å²) < 4.78 is 0. The number of nitrogens with one attached hydrogen (secondary N) is 1. The molecule has 1 unspecified atom stereocenters. The minimum atomic E-state index is 0.0779. The topological polar surface area (TPSA) is 52.6 Å². The standard InChI is InChI=1S/C26H52N2O2/c1-2-3-4-5-6-7-8-9-10-11-12-13-14-15-16-18-22-27-26(30)28-23-19-17-20-25(28)21-24-29/h25,29H,2-24H2,1H3,(H,27,30). The van der Waals surface area contributed by atoms with Gasteiger partial charge in [-0.25, -0.2) is 4.79 Å². The van der Waals surface area contributed by atoms with Crippen LogP contribution in [0.25, 0.3) is 0 Å². The van der Waals surface area contributed by atoms with Crippen LogP contribution in [-0.4, -0.2) is 41.8 Å². The van der Waals surface area contributed by atoms with E-state index in [1.54, 1.807) is 0 Å². The Morgan fingerprint density at radius 2 is 1.30 bits per heavy atom. The zero-order valence-corrected chi connectivity index (χ0v) is 20.1. The number of unbranched alkanes of at least 4 members (excludes halogenated alkanes) is 15. The van der Waals surface area contributed by atoms with Gasteiger partial charge in [0.25, 0.3) is 0 Å². The van der Waals surface area contributed by atoms with E-state index in [4.69, 9.17) is 0 Å². The van der Waals surface area contributed by atoms with Crippen LogP contribution < -0.4 is 5.32 Å². The number of carbonyl (C=O) groups excluding carboxylic acids is 1. The van der Waals surface area contributed by atoms with Crippen LogP contribution in [0.15, 0.2) is 0 Å². The highest BCUT2D eigenvalue weighted by atomic mass is 16.3. The first-order valence-electron chi connectivity index (χ1n) is 13.4. The van der Waals surface area contributed by atoms with E-state index in [-0.39, 0.29) is 18.7 Å². The van der Waals surface area contributed by atoms with Crippen molar-refractivity contribution in [1.82, 2.24) is 10.2 Å². The molecule has 0 aromatic rings. The third kappa shape index (κ3) is 14.3. The van der Waals surface area contributed by atoms with Gasteiger partial charge < -0.3 is 15.3 Å². The number of carbonyl (C=O) groups is 1. The molecule has 30 heavy (non-hydrogen) atoms. The van der Waals surface area contributed by atoms with E-state index in [0.717, 1.165) is 32.4 Å². The maximum absolute atomic E-state index is 12.4. The fourth-order valence-electron chi connectivity index (χ4n) is 4.69. The molecule has 1 fully saturated rings. The summed E-state index contributed by atoms with van der Waals surface area (Å²) in [5, 5.41) is 12.3. The summed E-state index contributed by atoms with van der Waals surface area (Å²) in [5.74, 6) is 0. The molecule has 1 atom stereocenters. The summed E-state index contributed by atoms with van der Waals surface area (Å²) in [7, 11) is 0. The minimum absolute atomic E-state index is 0.0779. The van der Waals surface area contributed by atoms with E-state index in [1.807, 2.05) is 4.90 Å². The van der Waals surface area contributed by atoms with E-state index in [2.05, 4.69) is 12.2 Å². The molecule has 1 aliphatic heterocycles. The number of nitrogens with zero attached hydrogens (tertiary/aromatic N) is 1. The second-order valence-electron chi connectivity index (χ2n) is 9.39. The first-order chi connectivity index (χ1) is 14.8. The van der Waals surface area contributed by atoms with Crippen molar-refractivity contribution in [2.75, 3.05) is 19.7 Å². The van der Waals surface area contributed by atoms with E-state index in [0.29, 0.717) is 6.42 Å². The Hall–Kier alpha value is -0.770. The van der Waals surface area contributed by atoms with Gasteiger partial charge in [-0.1, -0.05) is 103 Å². The van der Waals surface area contributed by atoms with Crippen molar-refractivity contribution >= 4 is 6.03 Å². The predicted molar refractivity (Wildman–Crippen MR) is 129 cm³/mol. The lowest BCUT2D eigenvalue weighted by Gasteiger charge is -2.35. The highest BCUT2D eigenvalue weighted by Crippen LogP contribution is 2.19. The van der Waals surface area contributed by atoms with Crippen LogP contribution in [0, 0.1) is 0 Å². The van der Waals surface area contributed by atoms with E-state index >= 15 is 0 Å². The molecule has 2 N–H and O–H groups in total. The molecule has 178 valence electrons. The molecule has 0 radical (unpaired) electrons. The number of likely N-dealkylation sites (tertiary alicyclic amines) is 1. The minimum Gasteiger partial charge on any atom is -0.396 e. The van der Waals surface area contributed by atoms with Crippen LogP contribution in [0.1, 0.15) is 135 Å². The van der Waals surface area contributed by atoms with Crippen LogP contribution in [-0.2, 0) is 0 Å². The van der Waals surface area contributed by atoms with Gasteiger partial charge in [-0.3, -0.25) is 0 Å². The Balaban J connectivity index is 1.82. The molecule has 4 nitrogen and oxygen atoms in total. The molecule has 0 bridgehead atoms. The molecule has 1 heterocycles. The Kier molecular flexibility index (Phi) is 18.3. The summed E-state index contributed by atoms with van der Waals surface area (Å²) in [4.78, 5) is 14.3. The number of hydrogen-bond donors (Lipinski definition) is 2. The molecule has 1 saturated heterocycles. The molecule has 1 rings (SSSR count). The smallest absolute Gasteiger partial charge is 0.317 e. The third-order valence-electron chi connectivity index (χ3n) is 6.66. The average molecular weight is 425 g/mol. The molecule has 1 aliphatic rings. The molecular formula is C26H52N2O2. The summed E-state index contributed by atoms with van der Waals surface area (Å²) >= 11 is 0. The average Bonchev–Trinajstić information content (AvgIpc) is 2.76. The Morgan fingerprint density at radius 1 is 0.800 bits per heavy atom. The number of aliphatic hydroxyl groups is 1. The van der Waals surface area contributed by atoms with Crippen LogP contribution in [0.3, 0.4) is 0 Å². The van der Waals surface area contributed by atoms with Gasteiger partial charge in [-0.15, -0.1) is 0 Å². The Bertz CT molecular complexity index is 387. The largest absolute Gasteiger partial charge is 0.396 e. The van der Waals surface area contributed by atoms with Crippen molar-refractivity contribution < 1.29 is 9.90 Å². The number of amides is 2. The molecule has 0 aliphatic carbocycles. The van der Waals surface area contributed by atoms with Crippen molar-refractivity contribution in [3.8, 4) is 0 Å². The van der Waals surface area contributed by atoms with Crippen molar-refractivity contribution in [3.63, 3.8) is 0 Å². The highest BCUT2D eigenvalue weighted by molar-refractivity contribution is 5.74. The van der Waals surface area contributed by atoms with Crippen molar-refractivity contribution in [2.45, 2.75) is 141 Å². The molecular weight excluding hydrogens is 372 g/mol. The summed E-state index contributed by atoms with van der Waals surface area (Å²) in [6, 6.07) is 0.309. The molecule has 0 aromatic heterocycles. The second kappa shape index (κ2) is 20.2. The lowest BCUT2D eigenvalue weighted by atomic mass is 10.0.